The fraction of sp³-hybridized carbons (Fsp3) is 0.385. The quantitative estimate of drug-likeness (QED) is 0.674. The molecule has 0 saturated carbocycles. The minimum atomic E-state index is -1.30. The number of carbonyl (C=O) groups is 2. The monoisotopic (exact) mass is 267 g/mol. The Morgan fingerprint density at radius 2 is 1.95 bits per heavy atom. The molecule has 0 unspecified atom stereocenters. The zero-order valence-corrected chi connectivity index (χ0v) is 10.6. The van der Waals surface area contributed by atoms with E-state index in [4.69, 9.17) is 14.9 Å². The van der Waals surface area contributed by atoms with Gasteiger partial charge in [-0.15, -0.1) is 0 Å². The molecule has 0 saturated heterocycles. The summed E-state index contributed by atoms with van der Waals surface area (Å²) in [6, 6.07) is 5.05. The van der Waals surface area contributed by atoms with Crippen molar-refractivity contribution < 1.29 is 24.5 Å². The fourth-order valence-corrected chi connectivity index (χ4v) is 1.35. The lowest BCUT2D eigenvalue weighted by Gasteiger charge is -2.12. The molecule has 0 radical (unpaired) electrons. The largest absolute Gasteiger partial charge is 0.494 e. The molecule has 0 aromatic heterocycles. The number of rotatable bonds is 7. The molecule has 0 aliphatic rings. The predicted molar refractivity (Wildman–Crippen MR) is 68.2 cm³/mol. The molecule has 1 aromatic rings. The Balaban J connectivity index is 2.64. The van der Waals surface area contributed by atoms with Crippen molar-refractivity contribution in [2.24, 2.45) is 0 Å². The van der Waals surface area contributed by atoms with Crippen LogP contribution in [-0.4, -0.2) is 41.3 Å². The third-order valence-corrected chi connectivity index (χ3v) is 2.38. The molecule has 1 rings (SSSR count). The van der Waals surface area contributed by atoms with E-state index < -0.39 is 24.5 Å². The van der Waals surface area contributed by atoms with Gasteiger partial charge in [0.15, 0.2) is 6.04 Å². The van der Waals surface area contributed by atoms with Crippen LogP contribution in [0.5, 0.6) is 5.75 Å². The maximum Gasteiger partial charge on any atom is 0.328 e. The Morgan fingerprint density at radius 1 is 1.32 bits per heavy atom. The number of nitrogens with one attached hydrogen (secondary N) is 1. The summed E-state index contributed by atoms with van der Waals surface area (Å²) in [6.45, 7) is 1.93. The highest BCUT2D eigenvalue weighted by molar-refractivity contribution is 5.96. The standard InChI is InChI=1S/C13H17NO5/c1-2-7-19-10-5-3-9(4-6-10)12(16)14-11(8-15)13(17)18/h3-6,11,15H,2,7-8H2,1H3,(H,14,16)(H,17,18)/t11-/m1/s1. The minimum absolute atomic E-state index is 0.309. The van der Waals surface area contributed by atoms with E-state index in [0.717, 1.165) is 6.42 Å². The molecule has 6 nitrogen and oxygen atoms in total. The van der Waals surface area contributed by atoms with Crippen molar-refractivity contribution in [3.05, 3.63) is 29.8 Å². The molecule has 104 valence electrons. The van der Waals surface area contributed by atoms with Crippen LogP contribution in [0.3, 0.4) is 0 Å². The molecule has 19 heavy (non-hydrogen) atoms. The second kappa shape index (κ2) is 7.38. The van der Waals surface area contributed by atoms with Gasteiger partial charge in [0.25, 0.3) is 5.91 Å². The number of hydrogen-bond acceptors (Lipinski definition) is 4. The second-order valence-corrected chi connectivity index (χ2v) is 3.92. The molecule has 6 heteroatoms. The highest BCUT2D eigenvalue weighted by atomic mass is 16.5. The van der Waals surface area contributed by atoms with Gasteiger partial charge in [-0.1, -0.05) is 6.92 Å². The number of hydrogen-bond donors (Lipinski definition) is 3. The molecule has 0 fully saturated rings. The average Bonchev–Trinajstić information content (AvgIpc) is 2.42. The van der Waals surface area contributed by atoms with Crippen LogP contribution >= 0.6 is 0 Å². The van der Waals surface area contributed by atoms with Crippen molar-refractivity contribution in [3.63, 3.8) is 0 Å². The van der Waals surface area contributed by atoms with Crippen LogP contribution in [0.15, 0.2) is 24.3 Å². The van der Waals surface area contributed by atoms with E-state index >= 15 is 0 Å². The minimum Gasteiger partial charge on any atom is -0.494 e. The second-order valence-electron chi connectivity index (χ2n) is 3.92. The van der Waals surface area contributed by atoms with Crippen LogP contribution in [0, 0.1) is 0 Å². The molecule has 0 aliphatic carbocycles. The lowest BCUT2D eigenvalue weighted by Crippen LogP contribution is -2.43. The van der Waals surface area contributed by atoms with Crippen molar-refractivity contribution >= 4 is 11.9 Å². The number of benzene rings is 1. The SMILES string of the molecule is CCCOc1ccc(C(=O)N[C@H](CO)C(=O)O)cc1. The number of carbonyl (C=O) groups excluding carboxylic acids is 1. The third kappa shape index (κ3) is 4.59. The number of amides is 1. The average molecular weight is 267 g/mol. The van der Waals surface area contributed by atoms with Gasteiger partial charge < -0.3 is 20.3 Å². The van der Waals surface area contributed by atoms with Crippen LogP contribution in [0.1, 0.15) is 23.7 Å². The normalized spacial score (nSPS) is 11.7. The number of aliphatic hydroxyl groups excluding tert-OH is 1. The third-order valence-electron chi connectivity index (χ3n) is 2.38. The molecular formula is C13H17NO5. The summed E-state index contributed by atoms with van der Waals surface area (Å²) in [5, 5.41) is 19.7. The molecule has 0 aliphatic heterocycles. The Morgan fingerprint density at radius 3 is 2.42 bits per heavy atom. The molecule has 1 atom stereocenters. The first-order chi connectivity index (χ1) is 9.08. The first kappa shape index (κ1) is 15.0. The smallest absolute Gasteiger partial charge is 0.328 e. The van der Waals surface area contributed by atoms with Crippen LogP contribution in [0.25, 0.3) is 0 Å². The van der Waals surface area contributed by atoms with Gasteiger partial charge in [-0.25, -0.2) is 4.79 Å². The molecule has 0 heterocycles. The van der Waals surface area contributed by atoms with E-state index in [9.17, 15) is 9.59 Å². The van der Waals surface area contributed by atoms with E-state index in [2.05, 4.69) is 5.32 Å². The van der Waals surface area contributed by atoms with Gasteiger partial charge in [0.1, 0.15) is 5.75 Å². The maximum atomic E-state index is 11.7. The van der Waals surface area contributed by atoms with Crippen molar-refractivity contribution in [1.29, 1.82) is 0 Å². The zero-order valence-electron chi connectivity index (χ0n) is 10.6. The van der Waals surface area contributed by atoms with Crippen molar-refractivity contribution in [1.82, 2.24) is 5.32 Å². The highest BCUT2D eigenvalue weighted by Gasteiger charge is 2.19. The van der Waals surface area contributed by atoms with Gasteiger partial charge in [-0.3, -0.25) is 4.79 Å². The van der Waals surface area contributed by atoms with Gasteiger partial charge in [0.2, 0.25) is 0 Å². The first-order valence-electron chi connectivity index (χ1n) is 5.95. The van der Waals surface area contributed by atoms with Gasteiger partial charge in [0.05, 0.1) is 13.2 Å². The Labute approximate surface area is 111 Å². The van der Waals surface area contributed by atoms with Crippen LogP contribution in [0.4, 0.5) is 0 Å². The summed E-state index contributed by atoms with van der Waals surface area (Å²) in [6.07, 6.45) is 0.888. The van der Waals surface area contributed by atoms with E-state index in [-0.39, 0.29) is 0 Å². The van der Waals surface area contributed by atoms with Crippen LogP contribution in [0.2, 0.25) is 0 Å². The van der Waals surface area contributed by atoms with Gasteiger partial charge in [-0.05, 0) is 30.7 Å². The summed E-state index contributed by atoms with van der Waals surface area (Å²) in [5.41, 5.74) is 0.309. The summed E-state index contributed by atoms with van der Waals surface area (Å²) in [4.78, 5) is 22.4. The van der Waals surface area contributed by atoms with Crippen molar-refractivity contribution in [2.75, 3.05) is 13.2 Å². The molecular weight excluding hydrogens is 250 g/mol. The maximum absolute atomic E-state index is 11.7. The molecule has 1 aromatic carbocycles. The number of ether oxygens (including phenoxy) is 1. The lowest BCUT2D eigenvalue weighted by molar-refractivity contribution is -0.140. The van der Waals surface area contributed by atoms with Gasteiger partial charge >= 0.3 is 5.97 Å². The Hall–Kier alpha value is -2.08. The van der Waals surface area contributed by atoms with E-state index in [1.807, 2.05) is 6.92 Å². The van der Waals surface area contributed by atoms with Crippen molar-refractivity contribution in [3.8, 4) is 5.75 Å². The molecule has 1 amide bonds. The fourth-order valence-electron chi connectivity index (χ4n) is 1.35. The van der Waals surface area contributed by atoms with Crippen molar-refractivity contribution in [2.45, 2.75) is 19.4 Å². The highest BCUT2D eigenvalue weighted by Crippen LogP contribution is 2.12. The van der Waals surface area contributed by atoms with Crippen LogP contribution < -0.4 is 10.1 Å². The Bertz CT molecular complexity index is 429. The molecule has 3 N–H and O–H groups in total. The summed E-state index contributed by atoms with van der Waals surface area (Å²) >= 11 is 0. The van der Waals surface area contributed by atoms with E-state index in [0.29, 0.717) is 17.9 Å². The summed E-state index contributed by atoms with van der Waals surface area (Å²) < 4.78 is 5.36. The molecule has 0 spiro atoms. The first-order valence-corrected chi connectivity index (χ1v) is 5.95. The number of carboxylic acid groups (broad SMARTS) is 1. The summed E-state index contributed by atoms with van der Waals surface area (Å²) in [7, 11) is 0. The van der Waals surface area contributed by atoms with E-state index in [1.165, 1.54) is 12.1 Å². The zero-order chi connectivity index (χ0) is 14.3. The number of carboxylic acids is 1. The number of aliphatic carboxylic acids is 1. The van der Waals surface area contributed by atoms with Gasteiger partial charge in [0, 0.05) is 5.56 Å². The van der Waals surface area contributed by atoms with Gasteiger partial charge in [-0.2, -0.15) is 0 Å². The topological polar surface area (TPSA) is 95.9 Å². The summed E-state index contributed by atoms with van der Waals surface area (Å²) in [5.74, 6) is -1.18. The molecule has 0 bridgehead atoms. The lowest BCUT2D eigenvalue weighted by atomic mass is 10.2. The van der Waals surface area contributed by atoms with Crippen LogP contribution in [-0.2, 0) is 4.79 Å². The Kier molecular flexibility index (Phi) is 5.81. The predicted octanol–water partition coefficient (Wildman–Crippen LogP) is 0.651. The number of aliphatic hydroxyl groups is 1. The van der Waals surface area contributed by atoms with E-state index in [1.54, 1.807) is 12.1 Å².